The van der Waals surface area contributed by atoms with E-state index in [2.05, 4.69) is 17.3 Å². The van der Waals surface area contributed by atoms with Crippen molar-refractivity contribution in [3.05, 3.63) is 0 Å². The first-order valence-corrected chi connectivity index (χ1v) is 1.98. The Morgan fingerprint density at radius 1 is 2.00 bits per heavy atom. The van der Waals surface area contributed by atoms with E-state index in [4.69, 9.17) is 0 Å². The normalized spacial score (nSPS) is 6.43. The van der Waals surface area contributed by atoms with E-state index >= 15 is 0 Å². The summed E-state index contributed by atoms with van der Waals surface area (Å²) in [6.45, 7) is 0. The summed E-state index contributed by atoms with van der Waals surface area (Å²) in [6.07, 6.45) is 0.541. The first-order chi connectivity index (χ1) is 3.31. The minimum atomic E-state index is 0.541. The predicted octanol–water partition coefficient (Wildman–Crippen LogP) is 0.0924. The molecule has 0 saturated carbocycles. The zero-order valence-corrected chi connectivity index (χ0v) is 4.60. The summed E-state index contributed by atoms with van der Waals surface area (Å²) < 4.78 is 0. The van der Waals surface area contributed by atoms with Crippen LogP contribution in [0.5, 0.6) is 0 Å². The van der Waals surface area contributed by atoms with Crippen molar-refractivity contribution < 1.29 is 4.79 Å². The molecular formula is C3H4N2OS. The molecule has 1 amide bonds. The van der Waals surface area contributed by atoms with Crippen LogP contribution in [-0.4, -0.2) is 23.6 Å². The Balaban J connectivity index is 3.56. The van der Waals surface area contributed by atoms with E-state index in [-0.39, 0.29) is 0 Å². The van der Waals surface area contributed by atoms with Crippen LogP contribution in [0.3, 0.4) is 0 Å². The molecule has 0 aliphatic carbocycles. The van der Waals surface area contributed by atoms with Crippen LogP contribution in [0.2, 0.25) is 0 Å². The molecule has 0 aromatic rings. The Kier molecular flexibility index (Phi) is 3.10. The number of hydrazone groups is 1. The third kappa shape index (κ3) is 3.09. The van der Waals surface area contributed by atoms with Crippen LogP contribution in [0.15, 0.2) is 5.10 Å². The van der Waals surface area contributed by atoms with Crippen molar-refractivity contribution in [3.8, 4) is 0 Å². The summed E-state index contributed by atoms with van der Waals surface area (Å²) in [5, 5.41) is 6.33. The minimum Gasteiger partial charge on any atom is -0.277 e. The van der Waals surface area contributed by atoms with Crippen LogP contribution in [0.25, 0.3) is 0 Å². The monoisotopic (exact) mass is 116 g/mol. The Morgan fingerprint density at radius 2 is 2.57 bits per heavy atom. The molecular weight excluding hydrogens is 112 g/mol. The van der Waals surface area contributed by atoms with Gasteiger partial charge in [0.15, 0.2) is 0 Å². The lowest BCUT2D eigenvalue weighted by Gasteiger charge is -1.93. The summed E-state index contributed by atoms with van der Waals surface area (Å²) in [7, 11) is 1.48. The topological polar surface area (TPSA) is 32.7 Å². The van der Waals surface area contributed by atoms with Crippen molar-refractivity contribution in [2.75, 3.05) is 7.05 Å². The molecule has 3 nitrogen and oxygen atoms in total. The van der Waals surface area contributed by atoms with Gasteiger partial charge in [-0.25, -0.2) is 5.01 Å². The van der Waals surface area contributed by atoms with Gasteiger partial charge in [0.25, 0.3) is 0 Å². The van der Waals surface area contributed by atoms with E-state index in [1.807, 2.05) is 5.16 Å². The zero-order valence-electron chi connectivity index (χ0n) is 3.79. The average molecular weight is 116 g/mol. The Morgan fingerprint density at radius 3 is 2.71 bits per heavy atom. The number of carbonyl (C=O) groups excluding carboxylic acids is 1. The molecule has 0 spiro atoms. The summed E-state index contributed by atoms with van der Waals surface area (Å²) in [5.74, 6) is 0. The largest absolute Gasteiger partial charge is 0.277 e. The molecule has 4 heteroatoms. The third-order valence-electron chi connectivity index (χ3n) is 0.351. The molecule has 0 aliphatic heterocycles. The first-order valence-electron chi connectivity index (χ1n) is 1.57. The van der Waals surface area contributed by atoms with Gasteiger partial charge in [-0.3, -0.25) is 4.79 Å². The molecule has 7 heavy (non-hydrogen) atoms. The number of thiocarbonyl (C=S) groups is 1. The molecule has 0 aromatic carbocycles. The highest BCUT2D eigenvalue weighted by atomic mass is 32.1. The fourth-order valence-electron chi connectivity index (χ4n) is 0.0880. The maximum absolute atomic E-state index is 9.64. The lowest BCUT2D eigenvalue weighted by atomic mass is 11.1. The lowest BCUT2D eigenvalue weighted by molar-refractivity contribution is -0.116. The Labute approximate surface area is 46.6 Å². The highest BCUT2D eigenvalue weighted by Gasteiger charge is 1.77. The number of hydrogen-bond donors (Lipinski definition) is 0. The van der Waals surface area contributed by atoms with E-state index in [1.165, 1.54) is 7.05 Å². The molecule has 0 fully saturated rings. The van der Waals surface area contributed by atoms with Gasteiger partial charge in [0, 0.05) is 7.05 Å². The average Bonchev–Trinajstić information content (AvgIpc) is 1.68. The molecule has 0 unspecified atom stereocenters. The smallest absolute Gasteiger partial charge is 0.230 e. The van der Waals surface area contributed by atoms with Gasteiger partial charge in [0.05, 0.1) is 5.16 Å². The second kappa shape index (κ2) is 3.46. The fraction of sp³-hybridized carbons (Fsp3) is 0.333. The van der Waals surface area contributed by atoms with Crippen LogP contribution in [0.4, 0.5) is 0 Å². The zero-order chi connectivity index (χ0) is 5.70. The standard InChI is InChI=1S/C3H4N2OS/c1-5(3-6)4-2-7/h3H,1H3. The van der Waals surface area contributed by atoms with E-state index in [9.17, 15) is 4.79 Å². The lowest BCUT2D eigenvalue weighted by Crippen LogP contribution is -2.05. The van der Waals surface area contributed by atoms with Gasteiger partial charge in [-0.15, -0.1) is 5.10 Å². The second-order valence-electron chi connectivity index (χ2n) is 0.870. The molecule has 0 heterocycles. The highest BCUT2D eigenvalue weighted by Crippen LogP contribution is 1.68. The highest BCUT2D eigenvalue weighted by molar-refractivity contribution is 7.78. The fourth-order valence-corrected chi connectivity index (χ4v) is 0.217. The molecule has 0 rings (SSSR count). The van der Waals surface area contributed by atoms with Crippen LogP contribution in [0, 0.1) is 0 Å². The molecule has 38 valence electrons. The van der Waals surface area contributed by atoms with Gasteiger partial charge >= 0.3 is 0 Å². The maximum atomic E-state index is 9.64. The summed E-state index contributed by atoms with van der Waals surface area (Å²) >= 11 is 4.18. The van der Waals surface area contributed by atoms with Crippen LogP contribution >= 0.6 is 12.2 Å². The maximum Gasteiger partial charge on any atom is 0.230 e. The second-order valence-corrected chi connectivity index (χ2v) is 1.05. The third-order valence-corrected chi connectivity index (χ3v) is 0.433. The van der Waals surface area contributed by atoms with Crippen molar-refractivity contribution in [2.45, 2.75) is 0 Å². The summed E-state index contributed by atoms with van der Waals surface area (Å²) in [5.41, 5.74) is 0. The van der Waals surface area contributed by atoms with Crippen molar-refractivity contribution in [3.63, 3.8) is 0 Å². The Bertz CT molecular complexity index is 108. The Hall–Kier alpha value is -0.730. The van der Waals surface area contributed by atoms with Gasteiger partial charge in [-0.1, -0.05) is 0 Å². The summed E-state index contributed by atoms with van der Waals surface area (Å²) in [4.78, 5) is 9.64. The quantitative estimate of drug-likeness (QED) is 0.222. The van der Waals surface area contributed by atoms with Gasteiger partial charge in [0.1, 0.15) is 0 Å². The molecule has 0 aromatic heterocycles. The number of isothiocyanates is 1. The van der Waals surface area contributed by atoms with Gasteiger partial charge < -0.3 is 0 Å². The number of hydrogen-bond acceptors (Lipinski definition) is 3. The molecule has 0 aliphatic rings. The number of nitrogens with zero attached hydrogens (tertiary/aromatic N) is 2. The van der Waals surface area contributed by atoms with Crippen LogP contribution in [-0.2, 0) is 4.79 Å². The number of amides is 1. The molecule has 0 N–H and O–H groups in total. The van der Waals surface area contributed by atoms with Gasteiger partial charge in [-0.2, -0.15) is 0 Å². The first kappa shape index (κ1) is 6.27. The van der Waals surface area contributed by atoms with E-state index in [1.54, 1.807) is 0 Å². The van der Waals surface area contributed by atoms with Crippen molar-refractivity contribution in [2.24, 2.45) is 5.10 Å². The molecule has 0 atom stereocenters. The molecule has 0 radical (unpaired) electrons. The minimum absolute atomic E-state index is 0.541. The van der Waals surface area contributed by atoms with E-state index in [0.29, 0.717) is 6.41 Å². The number of rotatable bonds is 2. The molecule has 0 saturated heterocycles. The van der Waals surface area contributed by atoms with Crippen molar-refractivity contribution >= 4 is 23.8 Å². The SMILES string of the molecule is CN(C=O)N=C=S. The van der Waals surface area contributed by atoms with Gasteiger partial charge in [0.2, 0.25) is 6.41 Å². The van der Waals surface area contributed by atoms with Crippen molar-refractivity contribution in [1.82, 2.24) is 5.01 Å². The molecule has 0 bridgehead atoms. The van der Waals surface area contributed by atoms with E-state index < -0.39 is 0 Å². The van der Waals surface area contributed by atoms with Crippen molar-refractivity contribution in [1.29, 1.82) is 0 Å². The summed E-state index contributed by atoms with van der Waals surface area (Å²) in [6, 6.07) is 0. The van der Waals surface area contributed by atoms with Crippen LogP contribution in [0.1, 0.15) is 0 Å². The predicted molar refractivity (Wildman–Crippen MR) is 28.9 cm³/mol. The number of carbonyl (C=O) groups is 1. The van der Waals surface area contributed by atoms with Crippen LogP contribution < -0.4 is 0 Å². The van der Waals surface area contributed by atoms with Gasteiger partial charge in [-0.05, 0) is 12.2 Å². The van der Waals surface area contributed by atoms with E-state index in [0.717, 1.165) is 5.01 Å².